The Labute approximate surface area is 158 Å². The number of carbonyl (C=O) groups is 1. The van der Waals surface area contributed by atoms with Gasteiger partial charge in [-0.3, -0.25) is 4.79 Å². The fourth-order valence-corrected chi connectivity index (χ4v) is 5.10. The molecule has 1 N–H and O–H groups in total. The summed E-state index contributed by atoms with van der Waals surface area (Å²) in [4.78, 5) is 19.6. The lowest BCUT2D eigenvalue weighted by Crippen LogP contribution is -2.44. The molecule has 0 atom stereocenters. The lowest BCUT2D eigenvalue weighted by Gasteiger charge is -2.32. The van der Waals surface area contributed by atoms with Crippen LogP contribution >= 0.6 is 11.3 Å². The van der Waals surface area contributed by atoms with Crippen LogP contribution in [0.1, 0.15) is 44.9 Å². The summed E-state index contributed by atoms with van der Waals surface area (Å²) in [6.45, 7) is 1.80. The number of nitrogens with zero attached hydrogens (tertiary/aromatic N) is 2. The fraction of sp³-hybridized carbons (Fsp3) is 0.600. The summed E-state index contributed by atoms with van der Waals surface area (Å²) in [5, 5.41) is 4.35. The molecule has 2 aromatic rings. The van der Waals surface area contributed by atoms with Gasteiger partial charge in [0.25, 0.3) is 0 Å². The van der Waals surface area contributed by atoms with E-state index in [4.69, 9.17) is 9.72 Å². The Morgan fingerprint density at radius 1 is 1.19 bits per heavy atom. The summed E-state index contributed by atoms with van der Waals surface area (Å²) >= 11 is 1.71. The number of hydrogen-bond donors (Lipinski definition) is 1. The van der Waals surface area contributed by atoms with Crippen molar-refractivity contribution >= 4 is 32.6 Å². The Balaban J connectivity index is 1.35. The first kappa shape index (κ1) is 17.6. The molecule has 2 fully saturated rings. The smallest absolute Gasteiger partial charge is 0.223 e. The number of carbonyl (C=O) groups excluding carboxylic acids is 1. The molecule has 1 aromatic heterocycles. The van der Waals surface area contributed by atoms with Crippen LogP contribution in [0.25, 0.3) is 10.2 Å². The zero-order valence-corrected chi connectivity index (χ0v) is 16.2. The van der Waals surface area contributed by atoms with Crippen molar-refractivity contribution in [3.05, 3.63) is 18.2 Å². The van der Waals surface area contributed by atoms with E-state index >= 15 is 0 Å². The van der Waals surface area contributed by atoms with Crippen LogP contribution in [0.3, 0.4) is 0 Å². The molecule has 0 radical (unpaired) electrons. The van der Waals surface area contributed by atoms with Crippen LogP contribution in [-0.2, 0) is 4.79 Å². The number of piperidine rings is 1. The Morgan fingerprint density at radius 3 is 2.69 bits per heavy atom. The summed E-state index contributed by atoms with van der Waals surface area (Å²) < 4.78 is 6.45. The second-order valence-electron chi connectivity index (χ2n) is 7.43. The van der Waals surface area contributed by atoms with Gasteiger partial charge in [0.1, 0.15) is 5.75 Å². The maximum absolute atomic E-state index is 12.6. The lowest BCUT2D eigenvalue weighted by molar-refractivity contribution is -0.126. The molecule has 6 heteroatoms. The monoisotopic (exact) mass is 373 g/mol. The van der Waals surface area contributed by atoms with E-state index in [9.17, 15) is 4.79 Å². The number of anilines is 1. The highest BCUT2D eigenvalue weighted by Crippen LogP contribution is 2.33. The van der Waals surface area contributed by atoms with Crippen molar-refractivity contribution < 1.29 is 9.53 Å². The van der Waals surface area contributed by atoms with Gasteiger partial charge in [0.2, 0.25) is 5.91 Å². The third kappa shape index (κ3) is 3.80. The molecule has 1 aliphatic heterocycles. The van der Waals surface area contributed by atoms with E-state index in [1.807, 2.05) is 18.2 Å². The fourth-order valence-electron chi connectivity index (χ4n) is 4.05. The van der Waals surface area contributed by atoms with Gasteiger partial charge >= 0.3 is 0 Å². The average molecular weight is 374 g/mol. The number of hydrogen-bond acceptors (Lipinski definition) is 5. The third-order valence-corrected chi connectivity index (χ3v) is 6.75. The van der Waals surface area contributed by atoms with Gasteiger partial charge in [0.05, 0.1) is 17.3 Å². The molecule has 0 spiro atoms. The van der Waals surface area contributed by atoms with E-state index in [2.05, 4.69) is 10.2 Å². The van der Waals surface area contributed by atoms with Crippen LogP contribution in [0.4, 0.5) is 5.13 Å². The molecule has 1 saturated heterocycles. The first-order valence-electron chi connectivity index (χ1n) is 9.73. The highest BCUT2D eigenvalue weighted by Gasteiger charge is 2.28. The van der Waals surface area contributed by atoms with Gasteiger partial charge in [-0.1, -0.05) is 30.6 Å². The average Bonchev–Trinajstić information content (AvgIpc) is 3.12. The SMILES string of the molecule is COc1ccc2nc(N3CCC(C(=O)NC4CCCCC4)CC3)sc2c1. The van der Waals surface area contributed by atoms with Gasteiger partial charge < -0.3 is 15.0 Å². The van der Waals surface area contributed by atoms with Crippen molar-refractivity contribution in [1.29, 1.82) is 0 Å². The molecule has 0 bridgehead atoms. The Kier molecular flexibility index (Phi) is 5.29. The second kappa shape index (κ2) is 7.82. The molecule has 1 aliphatic carbocycles. The summed E-state index contributed by atoms with van der Waals surface area (Å²) in [5.74, 6) is 1.29. The highest BCUT2D eigenvalue weighted by molar-refractivity contribution is 7.22. The number of methoxy groups -OCH3 is 1. The molecule has 1 saturated carbocycles. The summed E-state index contributed by atoms with van der Waals surface area (Å²) in [6, 6.07) is 6.42. The molecule has 5 nitrogen and oxygen atoms in total. The van der Waals surface area contributed by atoms with Gasteiger partial charge in [-0.05, 0) is 43.9 Å². The number of aromatic nitrogens is 1. The zero-order valence-electron chi connectivity index (χ0n) is 15.4. The topological polar surface area (TPSA) is 54.5 Å². The predicted molar refractivity (Wildman–Crippen MR) is 106 cm³/mol. The molecule has 1 aromatic carbocycles. The predicted octanol–water partition coefficient (Wildman–Crippen LogP) is 3.97. The van der Waals surface area contributed by atoms with Gasteiger partial charge in [0, 0.05) is 25.0 Å². The molecular formula is C20H27N3O2S. The number of amides is 1. The highest BCUT2D eigenvalue weighted by atomic mass is 32.1. The number of benzene rings is 1. The molecular weight excluding hydrogens is 346 g/mol. The quantitative estimate of drug-likeness (QED) is 0.881. The van der Waals surface area contributed by atoms with Crippen molar-refractivity contribution in [3.8, 4) is 5.75 Å². The largest absolute Gasteiger partial charge is 0.497 e. The van der Waals surface area contributed by atoms with Crippen LogP contribution in [0.2, 0.25) is 0 Å². The van der Waals surface area contributed by atoms with Gasteiger partial charge in [-0.15, -0.1) is 0 Å². The van der Waals surface area contributed by atoms with E-state index in [1.54, 1.807) is 18.4 Å². The van der Waals surface area contributed by atoms with E-state index in [0.29, 0.717) is 6.04 Å². The minimum Gasteiger partial charge on any atom is -0.497 e. The molecule has 2 heterocycles. The van der Waals surface area contributed by atoms with Crippen LogP contribution in [-0.4, -0.2) is 37.1 Å². The van der Waals surface area contributed by atoms with Crippen LogP contribution in [0.5, 0.6) is 5.75 Å². The molecule has 4 rings (SSSR count). The third-order valence-electron chi connectivity index (χ3n) is 5.67. The van der Waals surface area contributed by atoms with E-state index in [0.717, 1.165) is 59.9 Å². The van der Waals surface area contributed by atoms with Crippen molar-refractivity contribution in [2.75, 3.05) is 25.1 Å². The Hall–Kier alpha value is -1.82. The van der Waals surface area contributed by atoms with Crippen molar-refractivity contribution in [3.63, 3.8) is 0 Å². The van der Waals surface area contributed by atoms with Gasteiger partial charge in [0.15, 0.2) is 5.13 Å². The minimum atomic E-state index is 0.155. The summed E-state index contributed by atoms with van der Waals surface area (Å²) in [7, 11) is 1.69. The molecule has 2 aliphatic rings. The zero-order chi connectivity index (χ0) is 17.9. The molecule has 140 valence electrons. The first-order valence-corrected chi connectivity index (χ1v) is 10.5. The number of fused-ring (bicyclic) bond motifs is 1. The van der Waals surface area contributed by atoms with Crippen molar-refractivity contribution in [2.24, 2.45) is 5.92 Å². The van der Waals surface area contributed by atoms with Crippen LogP contribution in [0, 0.1) is 5.92 Å². The van der Waals surface area contributed by atoms with Gasteiger partial charge in [-0.25, -0.2) is 4.98 Å². The maximum Gasteiger partial charge on any atom is 0.223 e. The summed E-state index contributed by atoms with van der Waals surface area (Å²) in [6.07, 6.45) is 7.96. The van der Waals surface area contributed by atoms with Crippen molar-refractivity contribution in [2.45, 2.75) is 51.0 Å². The normalized spacial score (nSPS) is 19.7. The number of rotatable bonds is 4. The number of thiazole rings is 1. The lowest BCUT2D eigenvalue weighted by atomic mass is 9.92. The van der Waals surface area contributed by atoms with Crippen LogP contribution in [0.15, 0.2) is 18.2 Å². The van der Waals surface area contributed by atoms with Crippen LogP contribution < -0.4 is 15.0 Å². The minimum absolute atomic E-state index is 0.155. The second-order valence-corrected chi connectivity index (χ2v) is 8.44. The van der Waals surface area contributed by atoms with E-state index in [-0.39, 0.29) is 11.8 Å². The van der Waals surface area contributed by atoms with E-state index in [1.165, 1.54) is 19.3 Å². The van der Waals surface area contributed by atoms with Gasteiger partial charge in [-0.2, -0.15) is 0 Å². The molecule has 0 unspecified atom stereocenters. The van der Waals surface area contributed by atoms with E-state index < -0.39 is 0 Å². The maximum atomic E-state index is 12.6. The van der Waals surface area contributed by atoms with Crippen molar-refractivity contribution in [1.82, 2.24) is 10.3 Å². The summed E-state index contributed by atoms with van der Waals surface area (Å²) in [5.41, 5.74) is 1.02. The molecule has 26 heavy (non-hydrogen) atoms. The number of ether oxygens (including phenoxy) is 1. The Morgan fingerprint density at radius 2 is 1.96 bits per heavy atom. The number of nitrogens with one attached hydrogen (secondary N) is 1. The Bertz CT molecular complexity index is 762. The first-order chi connectivity index (χ1) is 12.7. The standard InChI is InChI=1S/C20H27N3O2S/c1-25-16-7-8-17-18(13-16)26-20(22-17)23-11-9-14(10-12-23)19(24)21-15-5-3-2-4-6-15/h7-8,13-15H,2-6,9-12H2,1H3,(H,21,24). The molecule has 1 amide bonds.